The fraction of sp³-hybridized carbons (Fsp3) is 0.588. The summed E-state index contributed by atoms with van der Waals surface area (Å²) in [6.45, 7) is 3.49. The van der Waals surface area contributed by atoms with Gasteiger partial charge >= 0.3 is 0 Å². The van der Waals surface area contributed by atoms with Crippen molar-refractivity contribution in [3.05, 3.63) is 34.9 Å². The zero-order valence-corrected chi connectivity index (χ0v) is 11.9. The van der Waals surface area contributed by atoms with Crippen LogP contribution in [0.5, 0.6) is 0 Å². The van der Waals surface area contributed by atoms with Crippen molar-refractivity contribution in [1.29, 1.82) is 0 Å². The Hall–Kier alpha value is -1.35. The first-order chi connectivity index (χ1) is 9.81. The third kappa shape index (κ3) is 2.05. The Morgan fingerprint density at radius 3 is 2.80 bits per heavy atom. The van der Waals surface area contributed by atoms with Gasteiger partial charge in [-0.15, -0.1) is 0 Å². The molecule has 0 spiro atoms. The molecular weight excluding hydrogens is 248 g/mol. The number of hydrogen-bond donors (Lipinski definition) is 1. The van der Waals surface area contributed by atoms with E-state index >= 15 is 0 Å². The zero-order valence-electron chi connectivity index (χ0n) is 11.9. The van der Waals surface area contributed by atoms with Gasteiger partial charge < -0.3 is 10.2 Å². The molecule has 0 aromatic heterocycles. The number of amides is 1. The number of hydrogen-bond acceptors (Lipinski definition) is 2. The summed E-state index contributed by atoms with van der Waals surface area (Å²) >= 11 is 0. The van der Waals surface area contributed by atoms with Gasteiger partial charge in [-0.25, -0.2) is 0 Å². The predicted molar refractivity (Wildman–Crippen MR) is 78.9 cm³/mol. The van der Waals surface area contributed by atoms with E-state index in [1.807, 2.05) is 12.1 Å². The summed E-state index contributed by atoms with van der Waals surface area (Å²) < 4.78 is 0. The highest BCUT2D eigenvalue weighted by molar-refractivity contribution is 5.96. The van der Waals surface area contributed by atoms with Gasteiger partial charge in [0.1, 0.15) is 0 Å². The van der Waals surface area contributed by atoms with Crippen LogP contribution in [0.3, 0.4) is 0 Å². The van der Waals surface area contributed by atoms with Crippen molar-refractivity contribution in [3.8, 4) is 0 Å². The van der Waals surface area contributed by atoms with Gasteiger partial charge in [-0.1, -0.05) is 12.1 Å². The molecule has 1 atom stereocenters. The molecule has 4 aliphatic rings. The van der Waals surface area contributed by atoms with Crippen molar-refractivity contribution in [1.82, 2.24) is 10.2 Å². The Labute approximate surface area is 120 Å². The van der Waals surface area contributed by atoms with Crippen LogP contribution in [0.1, 0.15) is 40.7 Å². The van der Waals surface area contributed by atoms with E-state index in [2.05, 4.69) is 16.3 Å². The van der Waals surface area contributed by atoms with Gasteiger partial charge in [-0.3, -0.25) is 4.79 Å². The normalized spacial score (nSPS) is 31.1. The Kier molecular flexibility index (Phi) is 3.03. The van der Waals surface area contributed by atoms with Crippen LogP contribution in [-0.4, -0.2) is 36.5 Å². The molecule has 0 saturated carbocycles. The quantitative estimate of drug-likeness (QED) is 0.891. The summed E-state index contributed by atoms with van der Waals surface area (Å²) in [5.41, 5.74) is 3.61. The van der Waals surface area contributed by atoms with Gasteiger partial charge in [0.25, 0.3) is 5.91 Å². The minimum absolute atomic E-state index is 0.155. The van der Waals surface area contributed by atoms with Crippen LogP contribution in [0.2, 0.25) is 0 Å². The molecule has 1 aromatic rings. The molecule has 5 rings (SSSR count). The SMILES string of the molecule is O=C(NC1CN2CCC1CC2)c1cccc2c1CCC2. The van der Waals surface area contributed by atoms with Crippen molar-refractivity contribution < 1.29 is 4.79 Å². The lowest BCUT2D eigenvalue weighted by Crippen LogP contribution is -2.57. The second kappa shape index (κ2) is 4.88. The van der Waals surface area contributed by atoms with Gasteiger partial charge in [0.2, 0.25) is 0 Å². The molecule has 3 heterocycles. The molecule has 1 aromatic carbocycles. The molecule has 106 valence electrons. The molecule has 0 radical (unpaired) electrons. The van der Waals surface area contributed by atoms with Crippen molar-refractivity contribution in [3.63, 3.8) is 0 Å². The van der Waals surface area contributed by atoms with Crippen molar-refractivity contribution in [2.24, 2.45) is 5.92 Å². The number of carbonyl (C=O) groups is 1. The molecule has 3 fully saturated rings. The van der Waals surface area contributed by atoms with Crippen molar-refractivity contribution in [2.45, 2.75) is 38.1 Å². The maximum atomic E-state index is 12.6. The summed E-state index contributed by atoms with van der Waals surface area (Å²) in [6.07, 6.45) is 5.89. The molecule has 3 aliphatic heterocycles. The molecule has 1 unspecified atom stereocenters. The molecule has 1 amide bonds. The summed E-state index contributed by atoms with van der Waals surface area (Å²) in [6, 6.07) is 6.58. The van der Waals surface area contributed by atoms with Gasteiger partial charge in [0.05, 0.1) is 0 Å². The number of rotatable bonds is 2. The van der Waals surface area contributed by atoms with E-state index in [1.165, 1.54) is 43.5 Å². The average molecular weight is 270 g/mol. The van der Waals surface area contributed by atoms with Gasteiger partial charge in [-0.2, -0.15) is 0 Å². The van der Waals surface area contributed by atoms with Crippen LogP contribution >= 0.6 is 0 Å². The van der Waals surface area contributed by atoms with E-state index in [-0.39, 0.29) is 5.91 Å². The summed E-state index contributed by atoms with van der Waals surface area (Å²) in [7, 11) is 0. The lowest BCUT2D eigenvalue weighted by Gasteiger charge is -2.45. The number of aryl methyl sites for hydroxylation is 1. The molecule has 1 aliphatic carbocycles. The third-order valence-corrected chi connectivity index (χ3v) is 5.36. The highest BCUT2D eigenvalue weighted by atomic mass is 16.1. The van der Waals surface area contributed by atoms with Crippen LogP contribution in [-0.2, 0) is 12.8 Å². The van der Waals surface area contributed by atoms with Crippen LogP contribution in [0.4, 0.5) is 0 Å². The van der Waals surface area contributed by atoms with E-state index in [1.54, 1.807) is 0 Å². The van der Waals surface area contributed by atoms with E-state index in [0.717, 1.165) is 24.9 Å². The molecule has 2 bridgehead atoms. The number of piperidine rings is 3. The Morgan fingerprint density at radius 1 is 1.20 bits per heavy atom. The number of nitrogens with one attached hydrogen (secondary N) is 1. The minimum atomic E-state index is 0.155. The Bertz CT molecular complexity index is 532. The van der Waals surface area contributed by atoms with Crippen LogP contribution < -0.4 is 5.32 Å². The van der Waals surface area contributed by atoms with Crippen LogP contribution in [0.25, 0.3) is 0 Å². The topological polar surface area (TPSA) is 32.3 Å². The van der Waals surface area contributed by atoms with Gasteiger partial charge in [0, 0.05) is 18.2 Å². The fourth-order valence-electron chi connectivity index (χ4n) is 4.21. The zero-order chi connectivity index (χ0) is 13.5. The maximum absolute atomic E-state index is 12.6. The Balaban J connectivity index is 1.52. The van der Waals surface area contributed by atoms with E-state index in [4.69, 9.17) is 0 Å². The second-order valence-electron chi connectivity index (χ2n) is 6.51. The maximum Gasteiger partial charge on any atom is 0.251 e. The minimum Gasteiger partial charge on any atom is -0.348 e. The first-order valence-electron chi connectivity index (χ1n) is 7.95. The van der Waals surface area contributed by atoms with Gasteiger partial charge in [-0.05, 0) is 68.3 Å². The average Bonchev–Trinajstić information content (AvgIpc) is 2.96. The number of carbonyl (C=O) groups excluding carboxylic acids is 1. The first-order valence-corrected chi connectivity index (χ1v) is 7.95. The van der Waals surface area contributed by atoms with E-state index in [0.29, 0.717) is 12.0 Å². The Morgan fingerprint density at radius 2 is 2.05 bits per heavy atom. The van der Waals surface area contributed by atoms with E-state index < -0.39 is 0 Å². The summed E-state index contributed by atoms with van der Waals surface area (Å²) in [4.78, 5) is 15.1. The number of nitrogens with zero attached hydrogens (tertiary/aromatic N) is 1. The van der Waals surface area contributed by atoms with Crippen LogP contribution in [0, 0.1) is 5.92 Å². The summed E-state index contributed by atoms with van der Waals surface area (Å²) in [5.74, 6) is 0.850. The predicted octanol–water partition coefficient (Wildman–Crippen LogP) is 2.00. The number of benzene rings is 1. The lowest BCUT2D eigenvalue weighted by molar-refractivity contribution is 0.0620. The second-order valence-corrected chi connectivity index (χ2v) is 6.51. The van der Waals surface area contributed by atoms with E-state index in [9.17, 15) is 4.79 Å². The smallest absolute Gasteiger partial charge is 0.251 e. The molecule has 3 heteroatoms. The van der Waals surface area contributed by atoms with Crippen molar-refractivity contribution >= 4 is 5.91 Å². The number of fused-ring (bicyclic) bond motifs is 4. The molecule has 20 heavy (non-hydrogen) atoms. The third-order valence-electron chi connectivity index (χ3n) is 5.36. The van der Waals surface area contributed by atoms with Crippen molar-refractivity contribution in [2.75, 3.05) is 19.6 Å². The highest BCUT2D eigenvalue weighted by Crippen LogP contribution is 2.29. The molecule has 3 saturated heterocycles. The first kappa shape index (κ1) is 12.4. The van der Waals surface area contributed by atoms with Crippen LogP contribution in [0.15, 0.2) is 18.2 Å². The standard InChI is InChI=1S/C17H22N2O/c20-17(15-6-2-4-12-3-1-5-14(12)15)18-16-11-19-9-7-13(16)8-10-19/h2,4,6,13,16H,1,3,5,7-11H2,(H,18,20). The monoisotopic (exact) mass is 270 g/mol. The summed E-state index contributed by atoms with van der Waals surface area (Å²) in [5, 5.41) is 3.32. The fourth-order valence-corrected chi connectivity index (χ4v) is 4.21. The largest absolute Gasteiger partial charge is 0.348 e. The van der Waals surface area contributed by atoms with Gasteiger partial charge in [0.15, 0.2) is 0 Å². The molecule has 3 nitrogen and oxygen atoms in total. The molecule has 1 N–H and O–H groups in total. The lowest BCUT2D eigenvalue weighted by atomic mass is 9.84. The molecular formula is C17H22N2O. The highest BCUT2D eigenvalue weighted by Gasteiger charge is 2.35.